The predicted octanol–water partition coefficient (Wildman–Crippen LogP) is 4.45. The van der Waals surface area contributed by atoms with Gasteiger partial charge < -0.3 is 5.32 Å². The van der Waals surface area contributed by atoms with Crippen LogP contribution in [0, 0.1) is 12.7 Å². The Morgan fingerprint density at radius 2 is 1.74 bits per heavy atom. The van der Waals surface area contributed by atoms with Crippen LogP contribution in [0.25, 0.3) is 22.4 Å². The molecule has 176 valence electrons. The monoisotopic (exact) mass is 487 g/mol. The van der Waals surface area contributed by atoms with Gasteiger partial charge in [-0.15, -0.1) is 10.2 Å². The Balaban J connectivity index is 1.47. The summed E-state index contributed by atoms with van der Waals surface area (Å²) >= 11 is 1.23. The minimum Gasteiger partial charge on any atom is -0.349 e. The quantitative estimate of drug-likeness (QED) is 0.358. The van der Waals surface area contributed by atoms with Crippen molar-refractivity contribution in [2.75, 3.05) is 5.75 Å². The Hall–Kier alpha value is -3.98. The van der Waals surface area contributed by atoms with E-state index < -0.39 is 0 Å². The summed E-state index contributed by atoms with van der Waals surface area (Å²) < 4.78 is 16.5. The first-order chi connectivity index (χ1) is 16.9. The molecule has 0 saturated heterocycles. The number of thioether (sulfide) groups is 1. The van der Waals surface area contributed by atoms with Crippen LogP contribution >= 0.6 is 11.8 Å². The van der Waals surface area contributed by atoms with Gasteiger partial charge in [0.1, 0.15) is 5.82 Å². The van der Waals surface area contributed by atoms with E-state index in [-0.39, 0.29) is 29.1 Å². The van der Waals surface area contributed by atoms with Gasteiger partial charge in [0, 0.05) is 0 Å². The number of carbonyl (C=O) groups is 1. The molecule has 0 bridgehead atoms. The first kappa shape index (κ1) is 22.8. The maximum atomic E-state index is 13.4. The number of amides is 1. The molecule has 35 heavy (non-hydrogen) atoms. The van der Waals surface area contributed by atoms with Crippen LogP contribution in [-0.4, -0.2) is 30.8 Å². The molecule has 0 aliphatic heterocycles. The van der Waals surface area contributed by atoms with Gasteiger partial charge in [-0.25, -0.2) is 8.96 Å². The highest BCUT2D eigenvalue weighted by molar-refractivity contribution is 7.99. The fourth-order valence-corrected chi connectivity index (χ4v) is 4.70. The number of nitrogens with zero attached hydrogens (tertiary/aromatic N) is 4. The van der Waals surface area contributed by atoms with Crippen LogP contribution in [0.3, 0.4) is 0 Å². The van der Waals surface area contributed by atoms with Gasteiger partial charge in [0.25, 0.3) is 5.56 Å². The number of nitrogens with one attached hydrogen (secondary N) is 1. The Labute approximate surface area is 204 Å². The molecule has 1 unspecified atom stereocenters. The number of carbonyl (C=O) groups excluding carboxylic acids is 1. The van der Waals surface area contributed by atoms with Gasteiger partial charge in [0.05, 0.1) is 28.4 Å². The minimum absolute atomic E-state index is 0.102. The number of rotatable bonds is 6. The molecule has 0 radical (unpaired) electrons. The maximum absolute atomic E-state index is 13.4. The summed E-state index contributed by atoms with van der Waals surface area (Å²) in [5.74, 6) is -0.0395. The highest BCUT2D eigenvalue weighted by Gasteiger charge is 2.19. The first-order valence-corrected chi connectivity index (χ1v) is 12.0. The molecule has 2 aromatic heterocycles. The topological polar surface area (TPSA) is 81.3 Å². The number of hydrogen-bond donors (Lipinski definition) is 1. The molecule has 0 aliphatic rings. The van der Waals surface area contributed by atoms with Crippen LogP contribution in [0.1, 0.15) is 24.1 Å². The molecule has 9 heteroatoms. The van der Waals surface area contributed by atoms with Crippen molar-refractivity contribution in [2.24, 2.45) is 0 Å². The van der Waals surface area contributed by atoms with Crippen LogP contribution in [0.15, 0.2) is 82.7 Å². The molecule has 7 nitrogen and oxygen atoms in total. The SMILES string of the molecule is Cc1ccc(-n2c(=O)c3ccccc3n3c(SCC(=O)NC(C)c4ccc(F)cc4)nnc23)cc1. The third kappa shape index (κ3) is 4.42. The van der Waals surface area contributed by atoms with Crippen LogP contribution in [0.2, 0.25) is 0 Å². The molecule has 0 fully saturated rings. The lowest BCUT2D eigenvalue weighted by Crippen LogP contribution is -2.28. The zero-order chi connectivity index (χ0) is 24.5. The molecule has 0 aliphatic carbocycles. The van der Waals surface area contributed by atoms with Crippen molar-refractivity contribution >= 4 is 34.3 Å². The summed E-state index contributed by atoms with van der Waals surface area (Å²) in [6, 6.07) is 20.7. The van der Waals surface area contributed by atoms with E-state index in [1.165, 1.54) is 28.5 Å². The predicted molar refractivity (Wildman–Crippen MR) is 135 cm³/mol. The Kier molecular flexibility index (Phi) is 6.08. The molecule has 1 atom stereocenters. The average Bonchev–Trinajstić information content (AvgIpc) is 3.28. The largest absolute Gasteiger partial charge is 0.349 e. The van der Waals surface area contributed by atoms with Gasteiger partial charge in [-0.2, -0.15) is 0 Å². The lowest BCUT2D eigenvalue weighted by molar-refractivity contribution is -0.119. The van der Waals surface area contributed by atoms with Crippen molar-refractivity contribution in [1.29, 1.82) is 0 Å². The summed E-state index contributed by atoms with van der Waals surface area (Å²) in [6.45, 7) is 3.83. The van der Waals surface area contributed by atoms with Gasteiger partial charge in [-0.05, 0) is 55.8 Å². The number of hydrogen-bond acceptors (Lipinski definition) is 5. The Morgan fingerprint density at radius 1 is 1.03 bits per heavy atom. The highest BCUT2D eigenvalue weighted by Crippen LogP contribution is 2.23. The third-order valence-electron chi connectivity index (χ3n) is 5.77. The normalized spacial score (nSPS) is 12.2. The van der Waals surface area contributed by atoms with E-state index in [1.807, 2.05) is 56.3 Å². The summed E-state index contributed by atoms with van der Waals surface area (Å²) in [5, 5.41) is 12.6. The summed E-state index contributed by atoms with van der Waals surface area (Å²) in [6.07, 6.45) is 0. The molecule has 1 N–H and O–H groups in total. The number of aryl methyl sites for hydroxylation is 1. The van der Waals surface area contributed by atoms with Crippen molar-refractivity contribution in [1.82, 2.24) is 24.5 Å². The molecule has 5 aromatic rings. The van der Waals surface area contributed by atoms with Crippen molar-refractivity contribution < 1.29 is 9.18 Å². The second kappa shape index (κ2) is 9.34. The van der Waals surface area contributed by atoms with E-state index in [2.05, 4.69) is 15.5 Å². The van der Waals surface area contributed by atoms with Crippen molar-refractivity contribution in [2.45, 2.75) is 25.0 Å². The molecule has 0 saturated carbocycles. The lowest BCUT2D eigenvalue weighted by atomic mass is 10.1. The van der Waals surface area contributed by atoms with Gasteiger partial charge in [-0.3, -0.25) is 14.0 Å². The number of halogens is 1. The van der Waals surface area contributed by atoms with E-state index in [1.54, 1.807) is 22.6 Å². The van der Waals surface area contributed by atoms with E-state index in [4.69, 9.17) is 0 Å². The lowest BCUT2D eigenvalue weighted by Gasteiger charge is -2.14. The number of fused-ring (bicyclic) bond motifs is 3. The van der Waals surface area contributed by atoms with Gasteiger partial charge in [0.2, 0.25) is 11.7 Å². The Bertz CT molecular complexity index is 1590. The first-order valence-electron chi connectivity index (χ1n) is 11.1. The van der Waals surface area contributed by atoms with Crippen LogP contribution < -0.4 is 10.9 Å². The van der Waals surface area contributed by atoms with Crippen molar-refractivity contribution in [3.63, 3.8) is 0 Å². The van der Waals surface area contributed by atoms with E-state index >= 15 is 0 Å². The molecular formula is C26H22FN5O2S. The second-order valence-corrected chi connectivity index (χ2v) is 9.18. The zero-order valence-corrected chi connectivity index (χ0v) is 19.9. The van der Waals surface area contributed by atoms with Gasteiger partial charge >= 0.3 is 0 Å². The van der Waals surface area contributed by atoms with Crippen molar-refractivity contribution in [3.05, 3.63) is 100 Å². The van der Waals surface area contributed by atoms with Gasteiger partial charge in [-0.1, -0.05) is 53.7 Å². The number of para-hydroxylation sites is 1. The smallest absolute Gasteiger partial charge is 0.267 e. The number of benzene rings is 3. The molecule has 1 amide bonds. The summed E-state index contributed by atoms with van der Waals surface area (Å²) in [7, 11) is 0. The molecule has 3 aromatic carbocycles. The number of aromatic nitrogens is 4. The summed E-state index contributed by atoms with van der Waals surface area (Å²) in [5.41, 5.74) is 3.06. The second-order valence-electron chi connectivity index (χ2n) is 8.24. The van der Waals surface area contributed by atoms with E-state index in [9.17, 15) is 14.0 Å². The standard InChI is InChI=1S/C26H22FN5O2S/c1-16-7-13-20(14-8-16)31-24(34)21-5-3-4-6-22(21)32-25(31)29-30-26(32)35-15-23(33)28-17(2)18-9-11-19(27)12-10-18/h3-14,17H,15H2,1-2H3,(H,28,33). The van der Waals surface area contributed by atoms with Crippen LogP contribution in [0.4, 0.5) is 4.39 Å². The molecule has 2 heterocycles. The zero-order valence-electron chi connectivity index (χ0n) is 19.1. The molecule has 5 rings (SSSR count). The van der Waals surface area contributed by atoms with Crippen molar-refractivity contribution in [3.8, 4) is 5.69 Å². The Morgan fingerprint density at radius 3 is 2.49 bits per heavy atom. The van der Waals surface area contributed by atoms with E-state index in [0.29, 0.717) is 27.5 Å². The summed E-state index contributed by atoms with van der Waals surface area (Å²) in [4.78, 5) is 26.0. The van der Waals surface area contributed by atoms with Crippen LogP contribution in [0.5, 0.6) is 0 Å². The fourth-order valence-electron chi connectivity index (χ4n) is 3.95. The van der Waals surface area contributed by atoms with Crippen LogP contribution in [-0.2, 0) is 4.79 Å². The van der Waals surface area contributed by atoms with E-state index in [0.717, 1.165) is 11.1 Å². The van der Waals surface area contributed by atoms with Gasteiger partial charge in [0.15, 0.2) is 5.16 Å². The highest BCUT2D eigenvalue weighted by atomic mass is 32.2. The molecule has 0 spiro atoms. The minimum atomic E-state index is -0.321. The molecular weight excluding hydrogens is 465 g/mol. The third-order valence-corrected chi connectivity index (χ3v) is 6.70. The maximum Gasteiger partial charge on any atom is 0.267 e. The average molecular weight is 488 g/mol. The fraction of sp³-hybridized carbons (Fsp3) is 0.154.